The van der Waals surface area contributed by atoms with Gasteiger partial charge in [-0.15, -0.1) is 0 Å². The van der Waals surface area contributed by atoms with Crippen LogP contribution in [0.15, 0.2) is 0 Å². The molecule has 3 nitrogen and oxygen atoms in total. The van der Waals surface area contributed by atoms with Crippen LogP contribution in [-0.4, -0.2) is 20.3 Å². The lowest BCUT2D eigenvalue weighted by atomic mass is 10.9. The van der Waals surface area contributed by atoms with E-state index in [-0.39, 0.29) is 4.38 Å². The molecule has 0 heterocycles. The quantitative estimate of drug-likeness (QED) is 0.554. The lowest BCUT2D eigenvalue weighted by molar-refractivity contribution is -0.109. The van der Waals surface area contributed by atoms with Crippen molar-refractivity contribution in [3.8, 4) is 0 Å². The minimum atomic E-state index is -1.75. The van der Waals surface area contributed by atoms with Crippen LogP contribution >= 0.6 is 12.2 Å². The van der Waals surface area contributed by atoms with Crippen LogP contribution in [0.5, 0.6) is 0 Å². The number of rotatable bonds is 1. The van der Waals surface area contributed by atoms with Gasteiger partial charge in [0.25, 0.3) is 4.38 Å². The summed E-state index contributed by atoms with van der Waals surface area (Å²) in [6.07, 6.45) is 0. The minimum Gasteiger partial charge on any atom is -0.477 e. The first-order chi connectivity index (χ1) is 4.59. The summed E-state index contributed by atoms with van der Waals surface area (Å²) in [7, 11) is -1.75. The molecule has 0 radical (unpaired) electrons. The van der Waals surface area contributed by atoms with E-state index >= 15 is 0 Å². The Morgan fingerprint density at radius 1 is 1.70 bits per heavy atom. The normalized spacial score (nSPS) is 12.2. The lowest BCUT2D eigenvalue weighted by Gasteiger charge is -1.99. The largest absolute Gasteiger partial charge is 0.477 e. The van der Waals surface area contributed by atoms with Crippen molar-refractivity contribution in [2.24, 2.45) is 0 Å². The number of ether oxygens (including phenoxy) is 1. The van der Waals surface area contributed by atoms with E-state index in [4.69, 9.17) is 0 Å². The molecule has 0 N–H and O–H groups in total. The van der Waals surface area contributed by atoms with Crippen molar-refractivity contribution in [2.45, 2.75) is 13.8 Å². The van der Waals surface area contributed by atoms with Crippen molar-refractivity contribution < 1.29 is 13.7 Å². The fraction of sp³-hybridized carbons (Fsp3) is 0.600. The number of thiocarbonyl (C=S) groups is 1. The Balaban J connectivity index is 3.96. The van der Waals surface area contributed by atoms with Gasteiger partial charge in [-0.3, -0.25) is 4.79 Å². The summed E-state index contributed by atoms with van der Waals surface area (Å²) < 4.78 is 15.3. The highest BCUT2D eigenvalue weighted by molar-refractivity contribution is 8.21. The van der Waals surface area contributed by atoms with E-state index in [2.05, 4.69) is 17.0 Å². The summed E-state index contributed by atoms with van der Waals surface area (Å²) >= 11 is 4.51. The Morgan fingerprint density at radius 3 is 2.50 bits per heavy atom. The molecule has 0 amide bonds. The van der Waals surface area contributed by atoms with Gasteiger partial charge in [0, 0.05) is 6.92 Å². The number of hydrogen-bond donors (Lipinski definition) is 0. The SMILES string of the molecule is CCOC(=S)S(=O)C(C)=O. The Kier molecular flexibility index (Phi) is 4.38. The van der Waals surface area contributed by atoms with Gasteiger partial charge < -0.3 is 4.74 Å². The van der Waals surface area contributed by atoms with Crippen LogP contribution in [0.2, 0.25) is 0 Å². The lowest BCUT2D eigenvalue weighted by Crippen LogP contribution is -2.14. The third-order valence-electron chi connectivity index (χ3n) is 0.675. The van der Waals surface area contributed by atoms with E-state index < -0.39 is 15.9 Å². The number of carbonyl (C=O) groups excluding carboxylic acids is 1. The highest BCUT2D eigenvalue weighted by Gasteiger charge is 2.12. The van der Waals surface area contributed by atoms with Crippen LogP contribution in [0.4, 0.5) is 0 Å². The van der Waals surface area contributed by atoms with E-state index in [0.29, 0.717) is 6.61 Å². The highest BCUT2D eigenvalue weighted by atomic mass is 32.2. The molecule has 1 unspecified atom stereocenters. The molecule has 0 spiro atoms. The summed E-state index contributed by atoms with van der Waals surface area (Å²) in [4.78, 5) is 10.4. The van der Waals surface area contributed by atoms with Crippen LogP contribution in [0.1, 0.15) is 13.8 Å². The maximum absolute atomic E-state index is 10.7. The Hall–Kier alpha value is -0.290. The molecule has 0 aromatic rings. The van der Waals surface area contributed by atoms with Crippen molar-refractivity contribution in [1.29, 1.82) is 0 Å². The molecule has 0 aliphatic heterocycles. The summed E-state index contributed by atoms with van der Waals surface area (Å²) in [6.45, 7) is 3.27. The molecule has 5 heteroatoms. The Bertz CT molecular complexity index is 176. The fourth-order valence-electron chi connectivity index (χ4n) is 0.289. The third-order valence-corrected chi connectivity index (χ3v) is 2.19. The number of hydrogen-bond acceptors (Lipinski definition) is 4. The first-order valence-corrected chi connectivity index (χ1v) is 4.24. The maximum atomic E-state index is 10.7. The Morgan fingerprint density at radius 2 is 2.20 bits per heavy atom. The molecular formula is C5H8O3S2. The summed E-state index contributed by atoms with van der Waals surface area (Å²) in [6, 6.07) is 0. The molecule has 0 aromatic heterocycles. The summed E-state index contributed by atoms with van der Waals surface area (Å²) in [5.74, 6) is 0. The summed E-state index contributed by atoms with van der Waals surface area (Å²) in [5, 5.41) is -0.474. The molecule has 58 valence electrons. The van der Waals surface area contributed by atoms with E-state index in [1.54, 1.807) is 6.92 Å². The molecule has 10 heavy (non-hydrogen) atoms. The first-order valence-electron chi connectivity index (χ1n) is 2.68. The smallest absolute Gasteiger partial charge is 0.258 e. The maximum Gasteiger partial charge on any atom is 0.258 e. The monoisotopic (exact) mass is 180 g/mol. The van der Waals surface area contributed by atoms with Gasteiger partial charge in [-0.25, -0.2) is 4.21 Å². The third kappa shape index (κ3) is 3.03. The predicted molar refractivity (Wildman–Crippen MR) is 43.0 cm³/mol. The average Bonchev–Trinajstić information content (AvgIpc) is 1.87. The van der Waals surface area contributed by atoms with Crippen LogP contribution < -0.4 is 0 Å². The van der Waals surface area contributed by atoms with E-state index in [1.165, 1.54) is 6.92 Å². The highest BCUT2D eigenvalue weighted by Crippen LogP contribution is 1.91. The topological polar surface area (TPSA) is 43.4 Å². The molecule has 0 fully saturated rings. The van der Waals surface area contributed by atoms with Crippen LogP contribution in [0.3, 0.4) is 0 Å². The van der Waals surface area contributed by atoms with E-state index in [9.17, 15) is 9.00 Å². The fourth-order valence-corrected chi connectivity index (χ4v) is 1.22. The van der Waals surface area contributed by atoms with Crippen LogP contribution in [0, 0.1) is 0 Å². The van der Waals surface area contributed by atoms with Gasteiger partial charge in [0.2, 0.25) is 5.12 Å². The van der Waals surface area contributed by atoms with Gasteiger partial charge in [-0.2, -0.15) is 0 Å². The van der Waals surface area contributed by atoms with Gasteiger partial charge in [0.15, 0.2) is 10.8 Å². The second-order valence-electron chi connectivity index (χ2n) is 1.44. The molecule has 0 bridgehead atoms. The van der Waals surface area contributed by atoms with Gasteiger partial charge in [-0.1, -0.05) is 0 Å². The Labute approximate surface area is 67.2 Å². The minimum absolute atomic E-state index is 0.130. The molecular weight excluding hydrogens is 172 g/mol. The van der Waals surface area contributed by atoms with Crippen molar-refractivity contribution in [2.75, 3.05) is 6.61 Å². The van der Waals surface area contributed by atoms with E-state index in [0.717, 1.165) is 0 Å². The predicted octanol–water partition coefficient (Wildman–Crippen LogP) is 0.603. The standard InChI is InChI=1S/C5H8O3S2/c1-3-8-5(9)10(7)4(2)6/h3H2,1-2H3. The van der Waals surface area contributed by atoms with Gasteiger partial charge in [0.05, 0.1) is 6.61 Å². The second kappa shape index (κ2) is 4.51. The molecule has 1 atom stereocenters. The molecule has 0 aliphatic carbocycles. The van der Waals surface area contributed by atoms with Gasteiger partial charge in [-0.05, 0) is 19.1 Å². The molecule has 0 aromatic carbocycles. The van der Waals surface area contributed by atoms with Crippen molar-refractivity contribution in [1.82, 2.24) is 0 Å². The molecule has 0 aliphatic rings. The summed E-state index contributed by atoms with van der Waals surface area (Å²) in [5.41, 5.74) is 0. The zero-order valence-electron chi connectivity index (χ0n) is 5.75. The number of carbonyl (C=O) groups is 1. The van der Waals surface area contributed by atoms with Gasteiger partial charge >= 0.3 is 0 Å². The zero-order valence-corrected chi connectivity index (χ0v) is 7.38. The zero-order chi connectivity index (χ0) is 8.15. The molecule has 0 saturated carbocycles. The first kappa shape index (κ1) is 9.71. The van der Waals surface area contributed by atoms with Crippen LogP contribution in [-0.2, 0) is 20.3 Å². The second-order valence-corrected chi connectivity index (χ2v) is 3.56. The van der Waals surface area contributed by atoms with Crippen LogP contribution in [0.25, 0.3) is 0 Å². The molecule has 0 rings (SSSR count). The van der Waals surface area contributed by atoms with Crippen molar-refractivity contribution in [3.63, 3.8) is 0 Å². The van der Waals surface area contributed by atoms with Gasteiger partial charge in [0.1, 0.15) is 0 Å². The van der Waals surface area contributed by atoms with E-state index in [1.807, 2.05) is 0 Å². The van der Waals surface area contributed by atoms with Crippen molar-refractivity contribution in [3.05, 3.63) is 0 Å². The van der Waals surface area contributed by atoms with Crippen molar-refractivity contribution >= 4 is 32.5 Å². The molecule has 0 saturated heterocycles. The average molecular weight is 180 g/mol.